The lowest BCUT2D eigenvalue weighted by molar-refractivity contribution is 0.100. The van der Waals surface area contributed by atoms with Crippen molar-refractivity contribution in [3.05, 3.63) is 57.0 Å². The van der Waals surface area contributed by atoms with Gasteiger partial charge in [-0.25, -0.2) is 4.68 Å². The SMILES string of the molecule is CC(c1ccc(C(N)=O)cc1)n1[nH]c2c(c1=O)C1CCC2(C)C1(C)C. The van der Waals surface area contributed by atoms with Crippen LogP contribution in [0.15, 0.2) is 29.1 Å². The summed E-state index contributed by atoms with van der Waals surface area (Å²) in [5.41, 5.74) is 9.12. The molecule has 0 aliphatic heterocycles. The van der Waals surface area contributed by atoms with Crippen LogP contribution in [0.2, 0.25) is 0 Å². The van der Waals surface area contributed by atoms with Crippen molar-refractivity contribution in [2.75, 3.05) is 0 Å². The largest absolute Gasteiger partial charge is 0.366 e. The maximum absolute atomic E-state index is 13.1. The molecule has 25 heavy (non-hydrogen) atoms. The predicted octanol–water partition coefficient (Wildman–Crippen LogP) is 3.06. The van der Waals surface area contributed by atoms with Crippen LogP contribution in [0.1, 0.15) is 79.7 Å². The molecule has 0 spiro atoms. The van der Waals surface area contributed by atoms with Crippen LogP contribution in [-0.2, 0) is 5.41 Å². The number of aromatic amines is 1. The zero-order valence-corrected chi connectivity index (χ0v) is 15.2. The quantitative estimate of drug-likeness (QED) is 0.901. The molecule has 2 aliphatic rings. The number of nitrogens with zero attached hydrogens (tertiary/aromatic N) is 1. The van der Waals surface area contributed by atoms with Gasteiger partial charge in [-0.1, -0.05) is 32.9 Å². The van der Waals surface area contributed by atoms with Crippen LogP contribution in [0, 0.1) is 5.41 Å². The minimum absolute atomic E-state index is 0.0347. The third-order valence-corrected chi connectivity index (χ3v) is 7.14. The van der Waals surface area contributed by atoms with Crippen molar-refractivity contribution < 1.29 is 4.79 Å². The van der Waals surface area contributed by atoms with E-state index in [4.69, 9.17) is 5.73 Å². The minimum Gasteiger partial charge on any atom is -0.366 e. The lowest BCUT2D eigenvalue weighted by atomic mass is 9.70. The molecular weight excluding hydrogens is 314 g/mol. The van der Waals surface area contributed by atoms with Gasteiger partial charge in [0.2, 0.25) is 5.91 Å². The van der Waals surface area contributed by atoms with Gasteiger partial charge in [0.25, 0.3) is 5.56 Å². The van der Waals surface area contributed by atoms with Gasteiger partial charge >= 0.3 is 0 Å². The molecule has 5 heteroatoms. The molecule has 3 N–H and O–H groups in total. The van der Waals surface area contributed by atoms with Crippen LogP contribution >= 0.6 is 0 Å². The lowest BCUT2D eigenvalue weighted by Crippen LogP contribution is -2.33. The van der Waals surface area contributed by atoms with Crippen LogP contribution in [0.5, 0.6) is 0 Å². The zero-order chi connectivity index (χ0) is 18.1. The maximum atomic E-state index is 13.1. The fraction of sp³-hybridized carbons (Fsp3) is 0.500. The average Bonchev–Trinajstić information content (AvgIpc) is 3.09. The Morgan fingerprint density at radius 2 is 1.92 bits per heavy atom. The van der Waals surface area contributed by atoms with Gasteiger partial charge in [-0.15, -0.1) is 0 Å². The molecule has 2 aromatic rings. The van der Waals surface area contributed by atoms with E-state index >= 15 is 0 Å². The molecule has 1 aromatic heterocycles. The number of primary amides is 1. The Hall–Kier alpha value is -2.30. The highest BCUT2D eigenvalue weighted by atomic mass is 16.1. The molecule has 1 aromatic carbocycles. The monoisotopic (exact) mass is 339 g/mol. The summed E-state index contributed by atoms with van der Waals surface area (Å²) in [5, 5.41) is 3.44. The second-order valence-electron chi connectivity index (χ2n) is 8.38. The smallest absolute Gasteiger partial charge is 0.270 e. The number of H-pyrrole nitrogens is 1. The number of nitrogens with two attached hydrogens (primary N) is 1. The normalized spacial score (nSPS) is 27.3. The first-order chi connectivity index (χ1) is 11.7. The molecule has 0 radical (unpaired) electrons. The highest BCUT2D eigenvalue weighted by molar-refractivity contribution is 5.92. The molecule has 3 unspecified atom stereocenters. The highest BCUT2D eigenvalue weighted by Gasteiger charge is 2.61. The van der Waals surface area contributed by atoms with Crippen molar-refractivity contribution in [3.63, 3.8) is 0 Å². The maximum Gasteiger partial charge on any atom is 0.270 e. The fourth-order valence-electron chi connectivity index (χ4n) is 5.01. The van der Waals surface area contributed by atoms with Crippen molar-refractivity contribution in [1.82, 2.24) is 9.78 Å². The minimum atomic E-state index is -0.443. The van der Waals surface area contributed by atoms with Crippen molar-refractivity contribution in [1.29, 1.82) is 0 Å². The van der Waals surface area contributed by atoms with E-state index in [1.807, 2.05) is 19.1 Å². The van der Waals surface area contributed by atoms with Gasteiger partial charge in [-0.3, -0.25) is 14.7 Å². The Kier molecular flexibility index (Phi) is 3.15. The predicted molar refractivity (Wildman–Crippen MR) is 96.9 cm³/mol. The molecule has 1 saturated carbocycles. The topological polar surface area (TPSA) is 80.9 Å². The summed E-state index contributed by atoms with van der Waals surface area (Å²) >= 11 is 0. The van der Waals surface area contributed by atoms with Gasteiger partial charge < -0.3 is 5.73 Å². The number of carbonyl (C=O) groups is 1. The lowest BCUT2D eigenvalue weighted by Gasteiger charge is -2.35. The number of benzene rings is 1. The number of aromatic nitrogens is 2. The van der Waals surface area contributed by atoms with E-state index in [0.29, 0.717) is 11.5 Å². The second kappa shape index (κ2) is 4.87. The fourth-order valence-corrected chi connectivity index (χ4v) is 5.01. The van der Waals surface area contributed by atoms with Crippen molar-refractivity contribution in [2.45, 2.75) is 57.9 Å². The van der Waals surface area contributed by atoms with Gasteiger partial charge in [0.05, 0.1) is 6.04 Å². The van der Waals surface area contributed by atoms with Crippen LogP contribution in [0.4, 0.5) is 0 Å². The summed E-state index contributed by atoms with van der Waals surface area (Å²) in [6, 6.07) is 7.03. The van der Waals surface area contributed by atoms with E-state index in [1.165, 1.54) is 0 Å². The molecule has 2 bridgehead atoms. The molecule has 2 aliphatic carbocycles. The van der Waals surface area contributed by atoms with Crippen LogP contribution in [0.25, 0.3) is 0 Å². The highest BCUT2D eigenvalue weighted by Crippen LogP contribution is 2.66. The summed E-state index contributed by atoms with van der Waals surface area (Å²) in [6.07, 6.45) is 2.21. The first-order valence-corrected chi connectivity index (χ1v) is 8.93. The number of amides is 1. The summed E-state index contributed by atoms with van der Waals surface area (Å²) < 4.78 is 1.75. The Morgan fingerprint density at radius 1 is 1.28 bits per heavy atom. The Bertz CT molecular complexity index is 919. The number of fused-ring (bicyclic) bond motifs is 5. The van der Waals surface area contributed by atoms with Crippen molar-refractivity contribution >= 4 is 5.91 Å². The van der Waals surface area contributed by atoms with Crippen molar-refractivity contribution in [2.24, 2.45) is 11.1 Å². The van der Waals surface area contributed by atoms with Gasteiger partial charge in [-0.05, 0) is 48.8 Å². The van der Waals surface area contributed by atoms with E-state index in [-0.39, 0.29) is 22.4 Å². The summed E-state index contributed by atoms with van der Waals surface area (Å²) in [6.45, 7) is 8.86. The van der Waals surface area contributed by atoms with Gasteiger partial charge in [0.15, 0.2) is 0 Å². The van der Waals surface area contributed by atoms with Crippen molar-refractivity contribution in [3.8, 4) is 0 Å². The average molecular weight is 339 g/mol. The van der Waals surface area contributed by atoms with Crippen LogP contribution in [0.3, 0.4) is 0 Å². The summed E-state index contributed by atoms with van der Waals surface area (Å²) in [7, 11) is 0. The Labute approximate surface area is 147 Å². The molecule has 0 saturated heterocycles. The van der Waals surface area contributed by atoms with E-state index < -0.39 is 5.91 Å². The van der Waals surface area contributed by atoms with Gasteiger partial charge in [0, 0.05) is 22.2 Å². The number of rotatable bonds is 3. The third kappa shape index (κ3) is 1.89. The molecular formula is C20H25N3O2. The van der Waals surface area contributed by atoms with E-state index in [9.17, 15) is 9.59 Å². The number of nitrogens with one attached hydrogen (secondary N) is 1. The molecule has 1 fully saturated rings. The number of carbonyl (C=O) groups excluding carboxylic acids is 1. The van der Waals surface area contributed by atoms with Gasteiger partial charge in [-0.2, -0.15) is 0 Å². The van der Waals surface area contributed by atoms with Crippen LogP contribution < -0.4 is 11.3 Å². The summed E-state index contributed by atoms with van der Waals surface area (Å²) in [4.78, 5) is 24.4. The zero-order valence-electron chi connectivity index (χ0n) is 15.2. The molecule has 4 rings (SSSR count). The van der Waals surface area contributed by atoms with E-state index in [2.05, 4.69) is 25.9 Å². The Balaban J connectivity index is 1.76. The van der Waals surface area contributed by atoms with Crippen LogP contribution in [-0.4, -0.2) is 15.7 Å². The first-order valence-electron chi connectivity index (χ1n) is 8.93. The molecule has 1 amide bonds. The standard InChI is InChI=1S/C20H25N3O2/c1-11(12-5-7-13(8-6-12)17(21)24)23-18(25)15-14-9-10-20(4,16(15)22-23)19(14,2)3/h5-8,11,14,22H,9-10H2,1-4H3,(H2,21,24). The molecule has 132 valence electrons. The second-order valence-corrected chi connectivity index (χ2v) is 8.38. The Morgan fingerprint density at radius 3 is 2.48 bits per heavy atom. The summed E-state index contributed by atoms with van der Waals surface area (Å²) in [5.74, 6) is -0.108. The molecule has 1 heterocycles. The van der Waals surface area contributed by atoms with Gasteiger partial charge in [0.1, 0.15) is 0 Å². The number of hydrogen-bond acceptors (Lipinski definition) is 2. The molecule has 5 nitrogen and oxygen atoms in total. The molecule has 3 atom stereocenters. The third-order valence-electron chi connectivity index (χ3n) is 7.14. The van der Waals surface area contributed by atoms with E-state index in [0.717, 1.165) is 29.7 Å². The van der Waals surface area contributed by atoms with E-state index in [1.54, 1.807) is 16.8 Å². The number of hydrogen-bond donors (Lipinski definition) is 2. The first kappa shape index (κ1) is 16.2.